The van der Waals surface area contributed by atoms with Crippen LogP contribution >= 0.6 is 0 Å². The summed E-state index contributed by atoms with van der Waals surface area (Å²) in [7, 11) is 3.14. The summed E-state index contributed by atoms with van der Waals surface area (Å²) in [4.78, 5) is 16.8. The molecule has 3 aromatic carbocycles. The average Bonchev–Trinajstić information content (AvgIpc) is 3.31. The van der Waals surface area contributed by atoms with Crippen molar-refractivity contribution in [3.05, 3.63) is 84.3 Å². The third-order valence-electron chi connectivity index (χ3n) is 4.77. The van der Waals surface area contributed by atoms with Gasteiger partial charge in [0.2, 0.25) is 11.7 Å². The third kappa shape index (κ3) is 4.56. The second-order valence-electron chi connectivity index (χ2n) is 6.70. The Morgan fingerprint density at radius 3 is 2.39 bits per heavy atom. The minimum atomic E-state index is -0.221. The topological polar surface area (TPSA) is 86.5 Å². The molecule has 0 aliphatic carbocycles. The lowest BCUT2D eigenvalue weighted by Crippen LogP contribution is -2.22. The number of aromatic nitrogens is 2. The summed E-state index contributed by atoms with van der Waals surface area (Å²) in [6.45, 7) is 0.116. The number of carbonyl (C=O) groups is 1. The Morgan fingerprint density at radius 1 is 0.935 bits per heavy atom. The fraction of sp³-hybridized carbons (Fsp3) is 0.125. The SMILES string of the molecule is COc1ccc(-c2noc(CNC(=O)c3ccc(-c4ccccc4)cc3)n2)c(OC)c1. The molecule has 0 fully saturated rings. The summed E-state index contributed by atoms with van der Waals surface area (Å²) in [5.74, 6) is 1.67. The zero-order valence-corrected chi connectivity index (χ0v) is 17.2. The van der Waals surface area contributed by atoms with Crippen LogP contribution in [0.1, 0.15) is 16.2 Å². The molecule has 156 valence electrons. The van der Waals surface area contributed by atoms with Gasteiger partial charge in [-0.15, -0.1) is 0 Å². The van der Waals surface area contributed by atoms with Gasteiger partial charge in [-0.1, -0.05) is 47.6 Å². The molecule has 7 nitrogen and oxygen atoms in total. The van der Waals surface area contributed by atoms with Gasteiger partial charge >= 0.3 is 0 Å². The van der Waals surface area contributed by atoms with E-state index in [9.17, 15) is 4.79 Å². The number of ether oxygens (including phenoxy) is 2. The Hall–Kier alpha value is -4.13. The first-order valence-electron chi connectivity index (χ1n) is 9.66. The first kappa shape index (κ1) is 20.2. The zero-order valence-electron chi connectivity index (χ0n) is 17.2. The van der Waals surface area contributed by atoms with E-state index in [0.29, 0.717) is 34.3 Å². The summed E-state index contributed by atoms with van der Waals surface area (Å²) in [5, 5.41) is 6.79. The molecule has 0 atom stereocenters. The van der Waals surface area contributed by atoms with Gasteiger partial charge in [0.1, 0.15) is 11.5 Å². The molecule has 4 rings (SSSR count). The normalized spacial score (nSPS) is 10.5. The molecule has 0 saturated heterocycles. The predicted octanol–water partition coefficient (Wildman–Crippen LogP) is 4.35. The van der Waals surface area contributed by atoms with Crippen molar-refractivity contribution in [2.24, 2.45) is 0 Å². The van der Waals surface area contributed by atoms with Gasteiger partial charge in [0, 0.05) is 11.6 Å². The molecular weight excluding hydrogens is 394 g/mol. The summed E-state index contributed by atoms with van der Waals surface area (Å²) < 4.78 is 15.9. The molecule has 31 heavy (non-hydrogen) atoms. The van der Waals surface area contributed by atoms with Crippen molar-refractivity contribution in [1.82, 2.24) is 15.5 Å². The lowest BCUT2D eigenvalue weighted by molar-refractivity contribution is 0.0946. The summed E-state index contributed by atoms with van der Waals surface area (Å²) in [6.07, 6.45) is 0. The smallest absolute Gasteiger partial charge is 0.251 e. The highest BCUT2D eigenvalue weighted by molar-refractivity contribution is 5.94. The van der Waals surface area contributed by atoms with Crippen LogP contribution in [-0.4, -0.2) is 30.3 Å². The number of hydrogen-bond acceptors (Lipinski definition) is 6. The van der Waals surface area contributed by atoms with E-state index in [2.05, 4.69) is 15.5 Å². The molecule has 0 bridgehead atoms. The zero-order chi connectivity index (χ0) is 21.6. The van der Waals surface area contributed by atoms with Crippen molar-refractivity contribution in [2.75, 3.05) is 14.2 Å². The van der Waals surface area contributed by atoms with Gasteiger partial charge in [-0.05, 0) is 35.4 Å². The van der Waals surface area contributed by atoms with Crippen molar-refractivity contribution < 1.29 is 18.8 Å². The van der Waals surface area contributed by atoms with Crippen molar-refractivity contribution in [3.63, 3.8) is 0 Å². The average molecular weight is 415 g/mol. The first-order valence-corrected chi connectivity index (χ1v) is 9.66. The Kier molecular flexibility index (Phi) is 5.93. The molecule has 1 heterocycles. The van der Waals surface area contributed by atoms with Crippen LogP contribution in [0.5, 0.6) is 11.5 Å². The van der Waals surface area contributed by atoms with Crippen LogP contribution in [0.2, 0.25) is 0 Å². The molecule has 1 N–H and O–H groups in total. The number of nitrogens with one attached hydrogen (secondary N) is 1. The van der Waals surface area contributed by atoms with Crippen LogP contribution < -0.4 is 14.8 Å². The maximum atomic E-state index is 12.5. The quantitative estimate of drug-likeness (QED) is 0.483. The number of methoxy groups -OCH3 is 2. The van der Waals surface area contributed by atoms with E-state index in [1.54, 1.807) is 44.6 Å². The van der Waals surface area contributed by atoms with E-state index in [-0.39, 0.29) is 12.5 Å². The lowest BCUT2D eigenvalue weighted by Gasteiger charge is -2.07. The maximum absolute atomic E-state index is 12.5. The van der Waals surface area contributed by atoms with Gasteiger partial charge in [0.25, 0.3) is 5.91 Å². The van der Waals surface area contributed by atoms with Gasteiger partial charge < -0.3 is 19.3 Å². The van der Waals surface area contributed by atoms with Gasteiger partial charge in [0.15, 0.2) is 0 Å². The molecule has 0 unspecified atom stereocenters. The van der Waals surface area contributed by atoms with E-state index in [1.165, 1.54) is 0 Å². The fourth-order valence-corrected chi connectivity index (χ4v) is 3.12. The van der Waals surface area contributed by atoms with E-state index < -0.39 is 0 Å². The van der Waals surface area contributed by atoms with Crippen LogP contribution in [0, 0.1) is 0 Å². The maximum Gasteiger partial charge on any atom is 0.251 e. The molecule has 1 aromatic heterocycles. The molecular formula is C24H21N3O4. The second-order valence-corrected chi connectivity index (χ2v) is 6.70. The van der Waals surface area contributed by atoms with Crippen molar-refractivity contribution in [2.45, 2.75) is 6.54 Å². The molecule has 7 heteroatoms. The van der Waals surface area contributed by atoms with Crippen LogP contribution in [0.15, 0.2) is 77.3 Å². The summed E-state index contributed by atoms with van der Waals surface area (Å²) >= 11 is 0. The van der Waals surface area contributed by atoms with E-state index in [1.807, 2.05) is 42.5 Å². The highest BCUT2D eigenvalue weighted by Gasteiger charge is 2.15. The monoisotopic (exact) mass is 415 g/mol. The second kappa shape index (κ2) is 9.13. The minimum Gasteiger partial charge on any atom is -0.497 e. The fourth-order valence-electron chi connectivity index (χ4n) is 3.12. The largest absolute Gasteiger partial charge is 0.497 e. The van der Waals surface area contributed by atoms with Gasteiger partial charge in [-0.2, -0.15) is 4.98 Å². The van der Waals surface area contributed by atoms with E-state index in [0.717, 1.165) is 11.1 Å². The van der Waals surface area contributed by atoms with Crippen LogP contribution in [-0.2, 0) is 6.54 Å². The number of benzene rings is 3. The minimum absolute atomic E-state index is 0.116. The third-order valence-corrected chi connectivity index (χ3v) is 4.77. The molecule has 0 radical (unpaired) electrons. The van der Waals surface area contributed by atoms with Gasteiger partial charge in [-0.25, -0.2) is 0 Å². The molecule has 0 spiro atoms. The number of rotatable bonds is 7. The number of hydrogen-bond donors (Lipinski definition) is 1. The Labute approximate surface area is 179 Å². The number of nitrogens with zero attached hydrogens (tertiary/aromatic N) is 2. The highest BCUT2D eigenvalue weighted by atomic mass is 16.5. The molecule has 4 aromatic rings. The van der Waals surface area contributed by atoms with Gasteiger partial charge in [-0.3, -0.25) is 4.79 Å². The van der Waals surface area contributed by atoms with E-state index >= 15 is 0 Å². The van der Waals surface area contributed by atoms with Crippen LogP contribution in [0.3, 0.4) is 0 Å². The standard InChI is InChI=1S/C24H21N3O4/c1-29-19-12-13-20(21(14-19)30-2)23-26-22(31-27-23)15-25-24(28)18-10-8-17(9-11-18)16-6-4-3-5-7-16/h3-14H,15H2,1-2H3,(H,25,28). The Bertz CT molecular complexity index is 1170. The first-order chi connectivity index (χ1) is 15.2. The van der Waals surface area contributed by atoms with Crippen LogP contribution in [0.4, 0.5) is 0 Å². The summed E-state index contributed by atoms with van der Waals surface area (Å²) in [6, 6.07) is 22.7. The molecule has 0 saturated carbocycles. The van der Waals surface area contributed by atoms with Gasteiger partial charge in [0.05, 0.1) is 26.3 Å². The van der Waals surface area contributed by atoms with Crippen molar-refractivity contribution >= 4 is 5.91 Å². The lowest BCUT2D eigenvalue weighted by atomic mass is 10.0. The predicted molar refractivity (Wildman–Crippen MR) is 116 cm³/mol. The number of amides is 1. The molecule has 0 aliphatic heterocycles. The Morgan fingerprint density at radius 2 is 1.68 bits per heavy atom. The number of carbonyl (C=O) groups excluding carboxylic acids is 1. The van der Waals surface area contributed by atoms with E-state index in [4.69, 9.17) is 14.0 Å². The summed E-state index contributed by atoms with van der Waals surface area (Å²) in [5.41, 5.74) is 3.37. The molecule has 0 aliphatic rings. The highest BCUT2D eigenvalue weighted by Crippen LogP contribution is 2.31. The van der Waals surface area contributed by atoms with Crippen molar-refractivity contribution in [3.8, 4) is 34.0 Å². The van der Waals surface area contributed by atoms with Crippen molar-refractivity contribution in [1.29, 1.82) is 0 Å². The van der Waals surface area contributed by atoms with Crippen LogP contribution in [0.25, 0.3) is 22.5 Å². The molecule has 1 amide bonds. The Balaban J connectivity index is 1.41.